The molecule has 2 nitrogen and oxygen atoms in total. The highest BCUT2D eigenvalue weighted by Crippen LogP contribution is 2.12. The Balaban J connectivity index is 2.51. The van der Waals surface area contributed by atoms with Gasteiger partial charge in [0.1, 0.15) is 0 Å². The minimum absolute atomic E-state index is 0.703. The molecule has 0 fully saturated rings. The van der Waals surface area contributed by atoms with Crippen molar-refractivity contribution in [2.75, 3.05) is 6.54 Å². The summed E-state index contributed by atoms with van der Waals surface area (Å²) in [6.45, 7) is 5.15. The molecule has 1 rings (SSSR count). The highest BCUT2D eigenvalue weighted by atomic mass is 35.5. The van der Waals surface area contributed by atoms with E-state index in [1.165, 1.54) is 0 Å². The van der Waals surface area contributed by atoms with Crippen molar-refractivity contribution in [1.82, 2.24) is 10.3 Å². The lowest BCUT2D eigenvalue weighted by atomic mass is 10.3. The second-order valence-corrected chi connectivity index (χ2v) is 2.79. The maximum absolute atomic E-state index is 5.87. The predicted octanol–water partition coefficient (Wildman–Crippen LogP) is 2.01. The summed E-state index contributed by atoms with van der Waals surface area (Å²) in [4.78, 5) is 3.89. The summed E-state index contributed by atoms with van der Waals surface area (Å²) in [6, 6.07) is 1.90. The van der Waals surface area contributed by atoms with E-state index < -0.39 is 0 Å². The number of halogens is 1. The molecular formula is C9H11ClN2. The highest BCUT2D eigenvalue weighted by Gasteiger charge is 1.96. The molecule has 1 aromatic heterocycles. The van der Waals surface area contributed by atoms with Crippen LogP contribution in [0.4, 0.5) is 0 Å². The molecule has 1 aromatic rings. The standard InChI is InChI=1S/C9H11ClN2/c1-2-4-11-6-8-3-5-12-7-9(8)10/h2-3,5,7,11H,1,4,6H2. The molecule has 0 aliphatic rings. The molecule has 0 aliphatic heterocycles. The minimum Gasteiger partial charge on any atom is -0.309 e. The fourth-order valence-electron chi connectivity index (χ4n) is 0.856. The monoisotopic (exact) mass is 182 g/mol. The molecule has 0 radical (unpaired) electrons. The number of pyridine rings is 1. The van der Waals surface area contributed by atoms with Crippen LogP contribution >= 0.6 is 11.6 Å². The van der Waals surface area contributed by atoms with Crippen molar-refractivity contribution in [1.29, 1.82) is 0 Å². The van der Waals surface area contributed by atoms with E-state index in [1.54, 1.807) is 12.4 Å². The lowest BCUT2D eigenvalue weighted by Gasteiger charge is -2.02. The van der Waals surface area contributed by atoms with Crippen LogP contribution in [0.15, 0.2) is 31.1 Å². The number of hydrogen-bond donors (Lipinski definition) is 1. The number of nitrogens with one attached hydrogen (secondary N) is 1. The molecule has 0 spiro atoms. The Bertz CT molecular complexity index is 260. The molecule has 0 aromatic carbocycles. The molecule has 0 amide bonds. The average molecular weight is 183 g/mol. The fraction of sp³-hybridized carbons (Fsp3) is 0.222. The third kappa shape index (κ3) is 2.64. The molecule has 0 aliphatic carbocycles. The van der Waals surface area contributed by atoms with Crippen LogP contribution in [0.2, 0.25) is 5.02 Å². The zero-order valence-electron chi connectivity index (χ0n) is 6.76. The van der Waals surface area contributed by atoms with Crippen molar-refractivity contribution in [2.45, 2.75) is 6.54 Å². The van der Waals surface area contributed by atoms with Crippen LogP contribution in [0.25, 0.3) is 0 Å². The zero-order chi connectivity index (χ0) is 8.81. The largest absolute Gasteiger partial charge is 0.309 e. The number of rotatable bonds is 4. The van der Waals surface area contributed by atoms with Gasteiger partial charge in [-0.05, 0) is 11.6 Å². The third-order valence-electron chi connectivity index (χ3n) is 1.46. The van der Waals surface area contributed by atoms with Gasteiger partial charge in [-0.25, -0.2) is 0 Å². The Labute approximate surface area is 77.3 Å². The summed E-state index contributed by atoms with van der Waals surface area (Å²) in [7, 11) is 0. The van der Waals surface area contributed by atoms with E-state index in [2.05, 4.69) is 16.9 Å². The van der Waals surface area contributed by atoms with Crippen molar-refractivity contribution in [3.63, 3.8) is 0 Å². The molecule has 1 heterocycles. The predicted molar refractivity (Wildman–Crippen MR) is 51.2 cm³/mol. The first-order chi connectivity index (χ1) is 5.84. The summed E-state index contributed by atoms with van der Waals surface area (Å²) in [5.74, 6) is 0. The minimum atomic E-state index is 0.703. The Kier molecular flexibility index (Phi) is 3.77. The second-order valence-electron chi connectivity index (χ2n) is 2.39. The van der Waals surface area contributed by atoms with E-state index in [-0.39, 0.29) is 0 Å². The summed E-state index contributed by atoms with van der Waals surface area (Å²) in [6.07, 6.45) is 5.19. The van der Waals surface area contributed by atoms with Crippen LogP contribution in [-0.2, 0) is 6.54 Å². The molecule has 3 heteroatoms. The van der Waals surface area contributed by atoms with Gasteiger partial charge < -0.3 is 5.32 Å². The molecule has 1 N–H and O–H groups in total. The molecule has 0 saturated carbocycles. The third-order valence-corrected chi connectivity index (χ3v) is 1.80. The van der Waals surface area contributed by atoms with Crippen molar-refractivity contribution in [2.24, 2.45) is 0 Å². The van der Waals surface area contributed by atoms with Gasteiger partial charge in [-0.3, -0.25) is 4.98 Å². The maximum Gasteiger partial charge on any atom is 0.0634 e. The van der Waals surface area contributed by atoms with Gasteiger partial charge >= 0.3 is 0 Å². The van der Waals surface area contributed by atoms with E-state index in [4.69, 9.17) is 11.6 Å². The molecule has 0 bridgehead atoms. The van der Waals surface area contributed by atoms with E-state index in [0.717, 1.165) is 18.7 Å². The lowest BCUT2D eigenvalue weighted by Crippen LogP contribution is -2.12. The summed E-state index contributed by atoms with van der Waals surface area (Å²) in [5.41, 5.74) is 1.06. The van der Waals surface area contributed by atoms with Gasteiger partial charge in [0.25, 0.3) is 0 Å². The summed E-state index contributed by atoms with van der Waals surface area (Å²) < 4.78 is 0. The SMILES string of the molecule is C=CCNCc1ccncc1Cl. The van der Waals surface area contributed by atoms with Gasteiger partial charge in [-0.2, -0.15) is 0 Å². The quantitative estimate of drug-likeness (QED) is 0.569. The van der Waals surface area contributed by atoms with Gasteiger partial charge in [0.15, 0.2) is 0 Å². The van der Waals surface area contributed by atoms with Gasteiger partial charge in [-0.1, -0.05) is 17.7 Å². The Morgan fingerprint density at radius 2 is 2.50 bits per heavy atom. The van der Waals surface area contributed by atoms with Gasteiger partial charge in [-0.15, -0.1) is 6.58 Å². The molecular weight excluding hydrogens is 172 g/mol. The Morgan fingerprint density at radius 1 is 1.67 bits per heavy atom. The fourth-order valence-corrected chi connectivity index (χ4v) is 1.04. The summed E-state index contributed by atoms with van der Waals surface area (Å²) in [5, 5.41) is 3.86. The number of aromatic nitrogens is 1. The van der Waals surface area contributed by atoms with Crippen molar-refractivity contribution >= 4 is 11.6 Å². The first-order valence-corrected chi connectivity index (χ1v) is 4.12. The lowest BCUT2D eigenvalue weighted by molar-refractivity contribution is 0.759. The average Bonchev–Trinajstić information content (AvgIpc) is 2.09. The van der Waals surface area contributed by atoms with E-state index >= 15 is 0 Å². The normalized spacial score (nSPS) is 9.75. The molecule has 0 unspecified atom stereocenters. The Hall–Kier alpha value is -0.860. The molecule has 64 valence electrons. The van der Waals surface area contributed by atoms with Crippen LogP contribution in [0.5, 0.6) is 0 Å². The number of nitrogens with zero attached hydrogens (tertiary/aromatic N) is 1. The van der Waals surface area contributed by atoms with Gasteiger partial charge in [0.05, 0.1) is 5.02 Å². The van der Waals surface area contributed by atoms with Crippen molar-refractivity contribution < 1.29 is 0 Å². The van der Waals surface area contributed by atoms with Crippen LogP contribution in [0.3, 0.4) is 0 Å². The van der Waals surface area contributed by atoms with Crippen LogP contribution in [-0.4, -0.2) is 11.5 Å². The van der Waals surface area contributed by atoms with Gasteiger partial charge in [0, 0.05) is 25.5 Å². The first kappa shape index (κ1) is 9.23. The maximum atomic E-state index is 5.87. The van der Waals surface area contributed by atoms with E-state index in [9.17, 15) is 0 Å². The van der Waals surface area contributed by atoms with E-state index in [1.807, 2.05) is 12.1 Å². The zero-order valence-corrected chi connectivity index (χ0v) is 7.51. The highest BCUT2D eigenvalue weighted by molar-refractivity contribution is 6.31. The van der Waals surface area contributed by atoms with Crippen LogP contribution in [0, 0.1) is 0 Å². The molecule has 0 atom stereocenters. The smallest absolute Gasteiger partial charge is 0.0634 e. The summed E-state index contributed by atoms with van der Waals surface area (Å²) >= 11 is 5.87. The number of hydrogen-bond acceptors (Lipinski definition) is 2. The molecule has 0 saturated heterocycles. The molecule has 12 heavy (non-hydrogen) atoms. The topological polar surface area (TPSA) is 24.9 Å². The second kappa shape index (κ2) is 4.91. The van der Waals surface area contributed by atoms with Crippen molar-refractivity contribution in [3.05, 3.63) is 41.7 Å². The van der Waals surface area contributed by atoms with Crippen LogP contribution < -0.4 is 5.32 Å². The van der Waals surface area contributed by atoms with Crippen LogP contribution in [0.1, 0.15) is 5.56 Å². The van der Waals surface area contributed by atoms with E-state index in [0.29, 0.717) is 5.02 Å². The first-order valence-electron chi connectivity index (χ1n) is 3.74. The van der Waals surface area contributed by atoms with Gasteiger partial charge in [0.2, 0.25) is 0 Å². The Morgan fingerprint density at radius 3 is 3.17 bits per heavy atom. The van der Waals surface area contributed by atoms with Crippen molar-refractivity contribution in [3.8, 4) is 0 Å².